The highest BCUT2D eigenvalue weighted by Gasteiger charge is 2.14. The number of oxime groups is 1. The fraction of sp³-hybridized carbons (Fsp3) is 0.200. The lowest BCUT2D eigenvalue weighted by atomic mass is 10.2. The second-order valence-electron chi connectivity index (χ2n) is 4.65. The summed E-state index contributed by atoms with van der Waals surface area (Å²) in [6.07, 6.45) is 2.26. The van der Waals surface area contributed by atoms with Gasteiger partial charge < -0.3 is 15.8 Å². The van der Waals surface area contributed by atoms with Gasteiger partial charge in [0.05, 0.1) is 4.47 Å². The van der Waals surface area contributed by atoms with E-state index in [-0.39, 0.29) is 5.84 Å². The number of nitrogens with zero attached hydrogens (tertiary/aromatic N) is 3. The van der Waals surface area contributed by atoms with Gasteiger partial charge in [-0.2, -0.15) is 0 Å². The molecule has 1 heterocycles. The summed E-state index contributed by atoms with van der Waals surface area (Å²) in [6, 6.07) is 11.9. The molecule has 0 fully saturated rings. The van der Waals surface area contributed by atoms with E-state index in [2.05, 4.69) is 26.1 Å². The minimum Gasteiger partial charge on any atom is -0.409 e. The SMILES string of the molecule is Cc1cnc(N(CC/C(N)=N/O)c2ccccc2)c(Br)c1. The van der Waals surface area contributed by atoms with Crippen molar-refractivity contribution < 1.29 is 5.21 Å². The first-order valence-electron chi connectivity index (χ1n) is 6.53. The van der Waals surface area contributed by atoms with Crippen LogP contribution in [0, 0.1) is 6.92 Å². The average Bonchev–Trinajstić information content (AvgIpc) is 2.50. The number of para-hydroxylation sites is 1. The topological polar surface area (TPSA) is 74.7 Å². The third kappa shape index (κ3) is 3.95. The van der Waals surface area contributed by atoms with Gasteiger partial charge in [0.2, 0.25) is 0 Å². The predicted octanol–water partition coefficient (Wildman–Crippen LogP) is 3.43. The Kier molecular flexibility index (Phi) is 5.16. The number of amidine groups is 1. The number of halogens is 1. The molecule has 0 aliphatic carbocycles. The summed E-state index contributed by atoms with van der Waals surface area (Å²) in [5.74, 6) is 0.997. The van der Waals surface area contributed by atoms with Crippen LogP contribution in [0.4, 0.5) is 11.5 Å². The number of hydrogen-bond acceptors (Lipinski definition) is 4. The summed E-state index contributed by atoms with van der Waals surface area (Å²) in [6.45, 7) is 2.55. The van der Waals surface area contributed by atoms with Crippen LogP contribution in [0.15, 0.2) is 52.2 Å². The molecule has 2 rings (SSSR count). The first-order valence-corrected chi connectivity index (χ1v) is 7.32. The Balaban J connectivity index is 2.35. The van der Waals surface area contributed by atoms with Crippen LogP contribution in [0.5, 0.6) is 0 Å². The molecule has 3 N–H and O–H groups in total. The number of rotatable bonds is 5. The van der Waals surface area contributed by atoms with E-state index >= 15 is 0 Å². The average molecular weight is 349 g/mol. The van der Waals surface area contributed by atoms with Gasteiger partial charge in [-0.25, -0.2) is 4.98 Å². The number of nitrogens with two attached hydrogens (primary N) is 1. The quantitative estimate of drug-likeness (QED) is 0.375. The molecule has 0 aliphatic rings. The highest BCUT2D eigenvalue weighted by Crippen LogP contribution is 2.30. The Morgan fingerprint density at radius 1 is 1.38 bits per heavy atom. The molecule has 2 aromatic rings. The van der Waals surface area contributed by atoms with E-state index in [1.165, 1.54) is 0 Å². The van der Waals surface area contributed by atoms with E-state index in [9.17, 15) is 0 Å². The minimum atomic E-state index is 0.194. The standard InChI is InChI=1S/C15H17BrN4O/c1-11-9-13(16)15(18-10-11)20(8-7-14(17)19-21)12-5-3-2-4-6-12/h2-6,9-10,21H,7-8H2,1H3,(H2,17,19). The van der Waals surface area contributed by atoms with Gasteiger partial charge in [-0.15, -0.1) is 0 Å². The van der Waals surface area contributed by atoms with Crippen LogP contribution in [-0.4, -0.2) is 22.6 Å². The summed E-state index contributed by atoms with van der Waals surface area (Å²) in [4.78, 5) is 6.52. The maximum Gasteiger partial charge on any atom is 0.147 e. The van der Waals surface area contributed by atoms with Gasteiger partial charge in [0.1, 0.15) is 11.7 Å². The molecular weight excluding hydrogens is 332 g/mol. The zero-order valence-corrected chi connectivity index (χ0v) is 13.3. The van der Waals surface area contributed by atoms with Gasteiger partial charge >= 0.3 is 0 Å². The first kappa shape index (κ1) is 15.3. The molecule has 0 radical (unpaired) electrons. The van der Waals surface area contributed by atoms with Crippen molar-refractivity contribution in [3.63, 3.8) is 0 Å². The number of pyridine rings is 1. The van der Waals surface area contributed by atoms with Gasteiger partial charge in [0, 0.05) is 24.8 Å². The number of benzene rings is 1. The Morgan fingerprint density at radius 3 is 2.71 bits per heavy atom. The van der Waals surface area contributed by atoms with E-state index in [1.54, 1.807) is 0 Å². The zero-order chi connectivity index (χ0) is 15.2. The van der Waals surface area contributed by atoms with Crippen molar-refractivity contribution in [3.05, 3.63) is 52.6 Å². The molecule has 6 heteroatoms. The van der Waals surface area contributed by atoms with Crippen molar-refractivity contribution in [2.45, 2.75) is 13.3 Å². The molecule has 0 saturated carbocycles. The van der Waals surface area contributed by atoms with Gasteiger partial charge in [-0.3, -0.25) is 0 Å². The lowest BCUT2D eigenvalue weighted by molar-refractivity contribution is 0.317. The van der Waals surface area contributed by atoms with Crippen LogP contribution in [0.3, 0.4) is 0 Å². The molecule has 0 spiro atoms. The van der Waals surface area contributed by atoms with Gasteiger partial charge in [0.15, 0.2) is 0 Å². The molecule has 0 unspecified atom stereocenters. The Hall–Kier alpha value is -2.08. The maximum atomic E-state index is 8.70. The van der Waals surface area contributed by atoms with E-state index in [1.807, 2.05) is 54.4 Å². The lowest BCUT2D eigenvalue weighted by Crippen LogP contribution is -2.25. The Morgan fingerprint density at radius 2 is 2.10 bits per heavy atom. The Labute approximate surface area is 132 Å². The molecule has 0 atom stereocenters. The molecule has 1 aromatic heterocycles. The highest BCUT2D eigenvalue weighted by atomic mass is 79.9. The summed E-state index contributed by atoms with van der Waals surface area (Å²) < 4.78 is 0.908. The van der Waals surface area contributed by atoms with Crippen LogP contribution in [0.2, 0.25) is 0 Å². The molecule has 21 heavy (non-hydrogen) atoms. The number of hydrogen-bond donors (Lipinski definition) is 2. The predicted molar refractivity (Wildman–Crippen MR) is 88.1 cm³/mol. The summed E-state index contributed by atoms with van der Waals surface area (Å²) >= 11 is 3.55. The zero-order valence-electron chi connectivity index (χ0n) is 11.7. The van der Waals surface area contributed by atoms with Crippen molar-refractivity contribution in [2.75, 3.05) is 11.4 Å². The lowest BCUT2D eigenvalue weighted by Gasteiger charge is -2.24. The highest BCUT2D eigenvalue weighted by molar-refractivity contribution is 9.10. The van der Waals surface area contributed by atoms with Crippen LogP contribution < -0.4 is 10.6 Å². The monoisotopic (exact) mass is 348 g/mol. The van der Waals surface area contributed by atoms with Gasteiger partial charge in [-0.05, 0) is 46.6 Å². The van der Waals surface area contributed by atoms with Gasteiger partial charge in [0.25, 0.3) is 0 Å². The van der Waals surface area contributed by atoms with Crippen LogP contribution in [0.1, 0.15) is 12.0 Å². The van der Waals surface area contributed by atoms with Crippen LogP contribution in [-0.2, 0) is 0 Å². The molecule has 0 aliphatic heterocycles. The van der Waals surface area contributed by atoms with Crippen molar-refractivity contribution >= 4 is 33.3 Å². The fourth-order valence-corrected chi connectivity index (χ4v) is 2.64. The molecule has 0 bridgehead atoms. The van der Waals surface area contributed by atoms with Crippen molar-refractivity contribution in [1.29, 1.82) is 0 Å². The second-order valence-corrected chi connectivity index (χ2v) is 5.50. The largest absolute Gasteiger partial charge is 0.409 e. The van der Waals surface area contributed by atoms with E-state index in [0.717, 1.165) is 21.5 Å². The number of aryl methyl sites for hydroxylation is 1. The minimum absolute atomic E-state index is 0.194. The van der Waals surface area contributed by atoms with Gasteiger partial charge in [-0.1, -0.05) is 23.4 Å². The number of aromatic nitrogens is 1. The maximum absolute atomic E-state index is 8.70. The molecule has 0 saturated heterocycles. The van der Waals surface area contributed by atoms with Crippen LogP contribution in [0.25, 0.3) is 0 Å². The second kappa shape index (κ2) is 7.08. The third-order valence-corrected chi connectivity index (χ3v) is 3.59. The van der Waals surface area contributed by atoms with Crippen molar-refractivity contribution in [1.82, 2.24) is 4.98 Å². The molecule has 1 aromatic carbocycles. The van der Waals surface area contributed by atoms with Crippen molar-refractivity contribution in [3.8, 4) is 0 Å². The normalized spacial score (nSPS) is 11.4. The molecule has 0 amide bonds. The summed E-state index contributed by atoms with van der Waals surface area (Å²) in [7, 11) is 0. The van der Waals surface area contributed by atoms with Crippen molar-refractivity contribution in [2.24, 2.45) is 10.9 Å². The molecule has 5 nitrogen and oxygen atoms in total. The fourth-order valence-electron chi connectivity index (χ4n) is 1.97. The van der Waals surface area contributed by atoms with E-state index in [4.69, 9.17) is 10.9 Å². The number of anilines is 2. The van der Waals surface area contributed by atoms with E-state index in [0.29, 0.717) is 13.0 Å². The summed E-state index contributed by atoms with van der Waals surface area (Å²) in [5, 5.41) is 11.7. The Bertz CT molecular complexity index is 631. The summed E-state index contributed by atoms with van der Waals surface area (Å²) in [5.41, 5.74) is 7.66. The van der Waals surface area contributed by atoms with Crippen LogP contribution >= 0.6 is 15.9 Å². The third-order valence-electron chi connectivity index (χ3n) is 3.00. The molecular formula is C15H17BrN4O. The molecule has 110 valence electrons. The first-order chi connectivity index (χ1) is 10.1. The smallest absolute Gasteiger partial charge is 0.147 e. The van der Waals surface area contributed by atoms with E-state index < -0.39 is 0 Å².